The average Bonchev–Trinajstić information content (AvgIpc) is 3.49. The average molecular weight is 747 g/mol. The van der Waals surface area contributed by atoms with Crippen molar-refractivity contribution in [2.24, 2.45) is 0 Å². The number of nitrogens with one attached hydrogen (secondary N) is 1. The highest BCUT2D eigenvalue weighted by atomic mass is 32.1. The van der Waals surface area contributed by atoms with Crippen LogP contribution in [0.15, 0.2) is 84.9 Å². The number of methoxy groups -OCH3 is 1. The second kappa shape index (κ2) is 16.0. The molecular weight excluding hydrogens is 714 g/mol. The molecule has 2 N–H and O–H groups in total. The third-order valence-electron chi connectivity index (χ3n) is 8.16. The normalized spacial score (nSPS) is 14.1. The molecule has 1 aliphatic rings. The Morgan fingerprint density at radius 3 is 2.19 bits per heavy atom. The van der Waals surface area contributed by atoms with Gasteiger partial charge >= 0.3 is 18.3 Å². The predicted molar refractivity (Wildman–Crippen MR) is 183 cm³/mol. The fourth-order valence-corrected chi connectivity index (χ4v) is 5.97. The van der Waals surface area contributed by atoms with E-state index in [9.17, 15) is 41.0 Å². The van der Waals surface area contributed by atoms with Crippen molar-refractivity contribution < 1.29 is 55.2 Å². The smallest absolute Gasteiger partial charge is 0.416 e. The minimum atomic E-state index is -5.09. The number of alkyl halides is 6. The fourth-order valence-electron chi connectivity index (χ4n) is 5.74. The monoisotopic (exact) mass is 746 g/mol. The number of aliphatic hydroxyl groups is 1. The minimum absolute atomic E-state index is 0.0217. The van der Waals surface area contributed by atoms with Gasteiger partial charge in [-0.25, -0.2) is 4.79 Å². The second-order valence-electron chi connectivity index (χ2n) is 11.9. The molecule has 0 aliphatic carbocycles. The largest absolute Gasteiger partial charge is 0.489 e. The Morgan fingerprint density at radius 1 is 0.865 bits per heavy atom. The molecule has 1 atom stereocenters. The molecule has 5 rings (SSSR count). The lowest BCUT2D eigenvalue weighted by Gasteiger charge is -2.26. The Labute approximate surface area is 299 Å². The summed E-state index contributed by atoms with van der Waals surface area (Å²) in [6, 6.07) is 19.4. The first kappa shape index (κ1) is 38.1. The zero-order valence-electron chi connectivity index (χ0n) is 27.5. The Bertz CT molecular complexity index is 1900. The predicted octanol–water partition coefficient (Wildman–Crippen LogP) is 8.14. The molecule has 0 spiro atoms. The van der Waals surface area contributed by atoms with E-state index in [1.807, 2.05) is 30.3 Å². The third-order valence-corrected chi connectivity index (χ3v) is 8.46. The van der Waals surface area contributed by atoms with Crippen molar-refractivity contribution >= 4 is 40.5 Å². The second-order valence-corrected chi connectivity index (χ2v) is 12.4. The van der Waals surface area contributed by atoms with Gasteiger partial charge in [0.1, 0.15) is 18.1 Å². The molecule has 1 heterocycles. The summed E-state index contributed by atoms with van der Waals surface area (Å²) >= 11 is 5.56. The van der Waals surface area contributed by atoms with Crippen LogP contribution in [0, 0.1) is 0 Å². The highest BCUT2D eigenvalue weighted by molar-refractivity contribution is 7.80. The Balaban J connectivity index is 1.35. The van der Waals surface area contributed by atoms with Gasteiger partial charge in [0.05, 0.1) is 35.4 Å². The number of halogens is 6. The standard InChI is InChI=1S/C37H32F6N2O6S/c1-49-35(48)25-11-23(19-46)12-28(13-25)44-33(52)10-7-29-14-24-15-30(50-20-22-5-3-2-4-6-22)8-9-32(24)45(29)34(47)21-51-31-17-26(36(38,39)40)16-27(18-31)37(41,42)43/h2-6,8-9,11-13,15-18,29,46H,7,10,14,19-21H2,1H3,(H,44,52). The molecule has 1 amide bonds. The number of thiocarbonyl (C=S) groups is 1. The van der Waals surface area contributed by atoms with Gasteiger partial charge in [0.2, 0.25) is 0 Å². The van der Waals surface area contributed by atoms with Crippen molar-refractivity contribution in [3.05, 3.63) is 118 Å². The molecular formula is C37H32F6N2O6S. The van der Waals surface area contributed by atoms with E-state index >= 15 is 0 Å². The van der Waals surface area contributed by atoms with Crippen LogP contribution < -0.4 is 19.7 Å². The lowest BCUT2D eigenvalue weighted by atomic mass is 10.1. The van der Waals surface area contributed by atoms with Crippen molar-refractivity contribution in [1.82, 2.24) is 0 Å². The minimum Gasteiger partial charge on any atom is -0.489 e. The van der Waals surface area contributed by atoms with Gasteiger partial charge in [0.15, 0.2) is 6.61 Å². The van der Waals surface area contributed by atoms with E-state index in [0.29, 0.717) is 46.2 Å². The van der Waals surface area contributed by atoms with Gasteiger partial charge in [-0.05, 0) is 84.1 Å². The summed E-state index contributed by atoms with van der Waals surface area (Å²) in [6.45, 7) is -0.917. The van der Waals surface area contributed by atoms with Crippen LogP contribution in [-0.4, -0.2) is 41.7 Å². The van der Waals surface area contributed by atoms with Gasteiger partial charge < -0.3 is 29.5 Å². The van der Waals surface area contributed by atoms with E-state index in [4.69, 9.17) is 26.4 Å². The summed E-state index contributed by atoms with van der Waals surface area (Å²) in [5.74, 6) is -1.56. The van der Waals surface area contributed by atoms with Crippen molar-refractivity contribution in [3.8, 4) is 11.5 Å². The number of nitrogens with zero attached hydrogens (tertiary/aromatic N) is 1. The Kier molecular flexibility index (Phi) is 11.7. The van der Waals surface area contributed by atoms with Crippen LogP contribution in [0.4, 0.5) is 37.7 Å². The first-order valence-corrected chi connectivity index (χ1v) is 16.2. The molecule has 274 valence electrons. The molecule has 1 unspecified atom stereocenters. The van der Waals surface area contributed by atoms with E-state index in [2.05, 4.69) is 5.32 Å². The number of benzene rings is 4. The molecule has 0 radical (unpaired) electrons. The number of carbonyl (C=O) groups is 2. The summed E-state index contributed by atoms with van der Waals surface area (Å²) in [6.07, 6.45) is -9.32. The third kappa shape index (κ3) is 9.59. The SMILES string of the molecule is COC(=O)c1cc(CO)cc(NC(=S)CCC2Cc3cc(OCc4ccccc4)ccc3N2C(=O)COc2cc(C(F)(F)F)cc(C(F)(F)F)c2)c1. The summed E-state index contributed by atoms with van der Waals surface area (Å²) in [5.41, 5.74) is 0.0423. The first-order chi connectivity index (χ1) is 24.6. The summed E-state index contributed by atoms with van der Waals surface area (Å²) in [7, 11) is 1.22. The van der Waals surface area contributed by atoms with Crippen molar-refractivity contribution in [1.29, 1.82) is 0 Å². The number of anilines is 2. The topological polar surface area (TPSA) is 97.3 Å². The lowest BCUT2D eigenvalue weighted by molar-refractivity contribution is -0.143. The first-order valence-electron chi connectivity index (χ1n) is 15.8. The highest BCUT2D eigenvalue weighted by Crippen LogP contribution is 2.39. The van der Waals surface area contributed by atoms with Crippen LogP contribution in [0.1, 0.15) is 51.0 Å². The van der Waals surface area contributed by atoms with Gasteiger partial charge in [0.25, 0.3) is 5.91 Å². The fraction of sp³-hybridized carbons (Fsp3) is 0.270. The molecule has 4 aromatic carbocycles. The molecule has 0 saturated heterocycles. The van der Waals surface area contributed by atoms with Crippen molar-refractivity contribution in [3.63, 3.8) is 0 Å². The summed E-state index contributed by atoms with van der Waals surface area (Å²) in [5, 5.41) is 12.7. The van der Waals surface area contributed by atoms with Gasteiger partial charge in [-0.3, -0.25) is 4.79 Å². The number of rotatable bonds is 12. The number of amides is 1. The zero-order chi connectivity index (χ0) is 37.6. The highest BCUT2D eigenvalue weighted by Gasteiger charge is 2.38. The van der Waals surface area contributed by atoms with Crippen LogP contribution in [0.2, 0.25) is 0 Å². The molecule has 8 nitrogen and oxygen atoms in total. The maximum absolute atomic E-state index is 13.7. The van der Waals surface area contributed by atoms with Crippen molar-refractivity contribution in [2.45, 2.75) is 50.9 Å². The number of esters is 1. The molecule has 0 fully saturated rings. The van der Waals surface area contributed by atoms with Crippen LogP contribution in [0.5, 0.6) is 11.5 Å². The summed E-state index contributed by atoms with van der Waals surface area (Å²) < 4.78 is 96.5. The van der Waals surface area contributed by atoms with Crippen LogP contribution in [0.3, 0.4) is 0 Å². The zero-order valence-corrected chi connectivity index (χ0v) is 28.3. The number of ether oxygens (including phenoxy) is 3. The van der Waals surface area contributed by atoms with Crippen LogP contribution >= 0.6 is 12.2 Å². The van der Waals surface area contributed by atoms with E-state index in [-0.39, 0.29) is 37.7 Å². The van der Waals surface area contributed by atoms with Gasteiger partial charge in [-0.1, -0.05) is 42.5 Å². The number of hydrogen-bond acceptors (Lipinski definition) is 7. The van der Waals surface area contributed by atoms with Gasteiger partial charge in [-0.15, -0.1) is 0 Å². The Hall–Kier alpha value is -5.15. The maximum Gasteiger partial charge on any atom is 0.416 e. The van der Waals surface area contributed by atoms with Crippen LogP contribution in [0.25, 0.3) is 0 Å². The molecule has 0 aromatic heterocycles. The quantitative estimate of drug-likeness (QED) is 0.0853. The van der Waals surface area contributed by atoms with Gasteiger partial charge in [-0.2, -0.15) is 26.3 Å². The molecule has 1 aliphatic heterocycles. The Morgan fingerprint density at radius 2 is 1.56 bits per heavy atom. The molecule has 4 aromatic rings. The lowest BCUT2D eigenvalue weighted by Crippen LogP contribution is -2.41. The number of carbonyl (C=O) groups excluding carboxylic acids is 2. The summed E-state index contributed by atoms with van der Waals surface area (Å²) in [4.78, 5) is 27.5. The van der Waals surface area contributed by atoms with Crippen molar-refractivity contribution in [2.75, 3.05) is 23.9 Å². The molecule has 0 bridgehead atoms. The number of fused-ring (bicyclic) bond motifs is 1. The maximum atomic E-state index is 13.7. The van der Waals surface area contributed by atoms with Gasteiger partial charge in [0, 0.05) is 23.8 Å². The molecule has 52 heavy (non-hydrogen) atoms. The van der Waals surface area contributed by atoms with E-state index in [1.54, 1.807) is 24.3 Å². The number of hydrogen-bond donors (Lipinski definition) is 2. The van der Waals surface area contributed by atoms with E-state index < -0.39 is 53.8 Å². The number of aliphatic hydroxyl groups excluding tert-OH is 1. The molecule has 0 saturated carbocycles. The van der Waals surface area contributed by atoms with Crippen LogP contribution in [-0.2, 0) is 41.5 Å². The molecule has 15 heteroatoms. The van der Waals surface area contributed by atoms with E-state index in [1.165, 1.54) is 24.1 Å². The van der Waals surface area contributed by atoms with E-state index in [0.717, 1.165) is 11.1 Å².